The Morgan fingerprint density at radius 3 is 2.70 bits per heavy atom. The first-order valence-electron chi connectivity index (χ1n) is 8.82. The molecule has 4 rings (SSSR count). The van der Waals surface area contributed by atoms with Crippen molar-refractivity contribution in [2.24, 2.45) is 17.8 Å². The van der Waals surface area contributed by atoms with E-state index >= 15 is 0 Å². The van der Waals surface area contributed by atoms with E-state index in [0.29, 0.717) is 31.5 Å². The number of carbonyl (C=O) groups is 2. The Morgan fingerprint density at radius 2 is 2.00 bits per heavy atom. The number of hydrogen-bond acceptors (Lipinski definition) is 2. The Labute approximate surface area is 137 Å². The lowest BCUT2D eigenvalue weighted by Gasteiger charge is -2.31. The molecule has 1 saturated heterocycles. The number of rotatable bonds is 4. The van der Waals surface area contributed by atoms with Crippen molar-refractivity contribution in [1.29, 1.82) is 0 Å². The van der Waals surface area contributed by atoms with E-state index in [9.17, 15) is 9.59 Å². The second-order valence-corrected chi connectivity index (χ2v) is 7.39. The van der Waals surface area contributed by atoms with Crippen molar-refractivity contribution in [2.75, 3.05) is 6.54 Å². The molecule has 0 unspecified atom stereocenters. The Morgan fingerprint density at radius 1 is 1.17 bits per heavy atom. The Bertz CT molecular complexity index is 601. The molecule has 2 amide bonds. The van der Waals surface area contributed by atoms with E-state index in [2.05, 4.69) is 5.32 Å². The molecule has 1 aromatic rings. The van der Waals surface area contributed by atoms with Gasteiger partial charge < -0.3 is 10.2 Å². The van der Waals surface area contributed by atoms with Gasteiger partial charge >= 0.3 is 0 Å². The number of hydrogen-bond donors (Lipinski definition) is 1. The minimum Gasteiger partial charge on any atom is -0.352 e. The van der Waals surface area contributed by atoms with Gasteiger partial charge in [0.25, 0.3) is 0 Å². The van der Waals surface area contributed by atoms with Gasteiger partial charge in [0.15, 0.2) is 0 Å². The summed E-state index contributed by atoms with van der Waals surface area (Å²) in [6.07, 6.45) is 5.44. The van der Waals surface area contributed by atoms with Gasteiger partial charge in [-0.25, -0.2) is 0 Å². The van der Waals surface area contributed by atoms with Crippen LogP contribution < -0.4 is 5.32 Å². The molecule has 122 valence electrons. The molecule has 4 heteroatoms. The van der Waals surface area contributed by atoms with Crippen molar-refractivity contribution in [3.8, 4) is 0 Å². The van der Waals surface area contributed by atoms with Crippen LogP contribution in [0, 0.1) is 17.8 Å². The van der Waals surface area contributed by atoms with Crippen LogP contribution in [0.4, 0.5) is 0 Å². The molecule has 0 spiro atoms. The summed E-state index contributed by atoms with van der Waals surface area (Å²) in [4.78, 5) is 26.8. The predicted octanol–water partition coefficient (Wildman–Crippen LogP) is 2.34. The lowest BCUT2D eigenvalue weighted by molar-refractivity contribution is -0.131. The maximum Gasteiger partial charge on any atom is 0.225 e. The van der Waals surface area contributed by atoms with Crippen LogP contribution in [0.3, 0.4) is 0 Å². The van der Waals surface area contributed by atoms with Crippen molar-refractivity contribution in [3.05, 3.63) is 35.9 Å². The van der Waals surface area contributed by atoms with Gasteiger partial charge in [-0.2, -0.15) is 0 Å². The molecular formula is C19H24N2O2. The third-order valence-corrected chi connectivity index (χ3v) is 5.94. The highest BCUT2D eigenvalue weighted by molar-refractivity contribution is 5.89. The van der Waals surface area contributed by atoms with Gasteiger partial charge in [0, 0.05) is 25.6 Å². The maximum atomic E-state index is 12.4. The summed E-state index contributed by atoms with van der Waals surface area (Å²) in [6, 6.07) is 10.3. The third kappa shape index (κ3) is 2.87. The van der Waals surface area contributed by atoms with Crippen molar-refractivity contribution in [3.63, 3.8) is 0 Å². The quantitative estimate of drug-likeness (QED) is 0.928. The fraction of sp³-hybridized carbons (Fsp3) is 0.579. The molecule has 0 aromatic heterocycles. The number of carbonyl (C=O) groups excluding carboxylic acids is 2. The minimum absolute atomic E-state index is 0.0212. The summed E-state index contributed by atoms with van der Waals surface area (Å²) in [6.45, 7) is 1.16. The first kappa shape index (κ1) is 14.7. The van der Waals surface area contributed by atoms with Crippen LogP contribution in [0.2, 0.25) is 0 Å². The molecule has 1 aromatic carbocycles. The number of nitrogens with one attached hydrogen (secondary N) is 1. The molecule has 23 heavy (non-hydrogen) atoms. The summed E-state index contributed by atoms with van der Waals surface area (Å²) in [5.41, 5.74) is 1.09. The van der Waals surface area contributed by atoms with Crippen LogP contribution in [0.5, 0.6) is 0 Å². The number of amides is 2. The van der Waals surface area contributed by atoms with Gasteiger partial charge in [0.1, 0.15) is 0 Å². The van der Waals surface area contributed by atoms with E-state index in [1.54, 1.807) is 0 Å². The maximum absolute atomic E-state index is 12.4. The molecular weight excluding hydrogens is 288 g/mol. The first-order valence-corrected chi connectivity index (χ1v) is 8.82. The van der Waals surface area contributed by atoms with Gasteiger partial charge in [0.2, 0.25) is 11.8 Å². The Balaban J connectivity index is 1.33. The smallest absolute Gasteiger partial charge is 0.225 e. The summed E-state index contributed by atoms with van der Waals surface area (Å²) in [5, 5.41) is 2.99. The first-order chi connectivity index (χ1) is 11.2. The van der Waals surface area contributed by atoms with Crippen LogP contribution in [0.1, 0.15) is 37.7 Å². The van der Waals surface area contributed by atoms with E-state index in [0.717, 1.165) is 17.9 Å². The average molecular weight is 312 g/mol. The van der Waals surface area contributed by atoms with Crippen LogP contribution in [0.15, 0.2) is 30.3 Å². The molecule has 0 radical (unpaired) electrons. The van der Waals surface area contributed by atoms with Crippen LogP contribution in [-0.4, -0.2) is 29.3 Å². The average Bonchev–Trinajstić information content (AvgIpc) is 3.28. The largest absolute Gasteiger partial charge is 0.352 e. The molecule has 3 aliphatic rings. The van der Waals surface area contributed by atoms with Gasteiger partial charge in [0.05, 0.1) is 5.92 Å². The predicted molar refractivity (Wildman–Crippen MR) is 87.3 cm³/mol. The molecule has 1 aliphatic heterocycles. The lowest BCUT2D eigenvalue weighted by Crippen LogP contribution is -2.41. The molecule has 1 N–H and O–H groups in total. The van der Waals surface area contributed by atoms with Crippen LogP contribution in [-0.2, 0) is 16.1 Å². The van der Waals surface area contributed by atoms with E-state index in [-0.39, 0.29) is 17.7 Å². The van der Waals surface area contributed by atoms with Gasteiger partial charge in [-0.15, -0.1) is 0 Å². The zero-order valence-corrected chi connectivity index (χ0v) is 13.4. The monoisotopic (exact) mass is 312 g/mol. The summed E-state index contributed by atoms with van der Waals surface area (Å²) in [7, 11) is 0. The summed E-state index contributed by atoms with van der Waals surface area (Å²) in [5.74, 6) is 1.54. The zero-order valence-electron chi connectivity index (χ0n) is 13.4. The van der Waals surface area contributed by atoms with E-state index in [1.165, 1.54) is 19.3 Å². The molecule has 4 nitrogen and oxygen atoms in total. The highest BCUT2D eigenvalue weighted by atomic mass is 16.2. The zero-order chi connectivity index (χ0) is 15.8. The Kier molecular flexibility index (Phi) is 3.83. The second-order valence-electron chi connectivity index (χ2n) is 7.39. The van der Waals surface area contributed by atoms with Gasteiger partial charge in [-0.1, -0.05) is 36.8 Å². The van der Waals surface area contributed by atoms with Gasteiger partial charge in [-0.3, -0.25) is 9.59 Å². The normalized spacial score (nSPS) is 32.5. The molecule has 2 bridgehead atoms. The molecule has 4 atom stereocenters. The van der Waals surface area contributed by atoms with Crippen molar-refractivity contribution < 1.29 is 9.59 Å². The van der Waals surface area contributed by atoms with Crippen LogP contribution >= 0.6 is 0 Å². The number of nitrogens with zero attached hydrogens (tertiary/aromatic N) is 1. The van der Waals surface area contributed by atoms with E-state index in [4.69, 9.17) is 0 Å². The SMILES string of the molecule is O=C(NCc1ccccc1)[C@@H]1CC(=O)N([C@H]2C[C@H]3CC[C@H]2C3)C1. The molecule has 2 aliphatic carbocycles. The third-order valence-electron chi connectivity index (χ3n) is 5.94. The standard InChI is InChI=1S/C19H24N2O2/c22-18-10-16(19(23)20-11-13-4-2-1-3-5-13)12-21(18)17-9-14-6-7-15(17)8-14/h1-5,14-17H,6-12H2,(H,20,23)/t14-,15-,16+,17-/m0/s1. The highest BCUT2D eigenvalue weighted by Gasteiger charge is 2.47. The number of benzene rings is 1. The minimum atomic E-state index is -0.176. The van der Waals surface area contributed by atoms with E-state index < -0.39 is 0 Å². The fourth-order valence-electron chi connectivity index (χ4n) is 4.75. The summed E-state index contributed by atoms with van der Waals surface area (Å²) < 4.78 is 0. The lowest BCUT2D eigenvalue weighted by atomic mass is 9.94. The van der Waals surface area contributed by atoms with Crippen molar-refractivity contribution in [2.45, 2.75) is 44.7 Å². The highest BCUT2D eigenvalue weighted by Crippen LogP contribution is 2.47. The second kappa shape index (κ2) is 5.99. The van der Waals surface area contributed by atoms with Crippen molar-refractivity contribution >= 4 is 11.8 Å². The molecule has 2 saturated carbocycles. The Hall–Kier alpha value is -1.84. The molecule has 1 heterocycles. The van der Waals surface area contributed by atoms with Gasteiger partial charge in [-0.05, 0) is 36.7 Å². The number of likely N-dealkylation sites (tertiary alicyclic amines) is 1. The fourth-order valence-corrected chi connectivity index (χ4v) is 4.75. The van der Waals surface area contributed by atoms with Crippen LogP contribution in [0.25, 0.3) is 0 Å². The topological polar surface area (TPSA) is 49.4 Å². The number of fused-ring (bicyclic) bond motifs is 2. The van der Waals surface area contributed by atoms with Crippen molar-refractivity contribution in [1.82, 2.24) is 10.2 Å². The molecule has 3 fully saturated rings. The summed E-state index contributed by atoms with van der Waals surface area (Å²) >= 11 is 0. The van der Waals surface area contributed by atoms with E-state index in [1.807, 2.05) is 35.2 Å².